The molecule has 2 aromatic rings. The Morgan fingerprint density at radius 1 is 1.60 bits per heavy atom. The molecule has 0 aliphatic rings. The van der Waals surface area contributed by atoms with Crippen LogP contribution in [0.5, 0.6) is 0 Å². The van der Waals surface area contributed by atoms with Crippen LogP contribution in [-0.2, 0) is 4.74 Å². The summed E-state index contributed by atoms with van der Waals surface area (Å²) in [4.78, 5) is 15.0. The lowest BCUT2D eigenvalue weighted by Gasteiger charge is -1.94. The van der Waals surface area contributed by atoms with Gasteiger partial charge in [-0.1, -0.05) is 11.3 Å². The Morgan fingerprint density at radius 3 is 3.13 bits per heavy atom. The maximum atomic E-state index is 11.3. The Balaban J connectivity index is 2.21. The molecule has 0 atom stereocenters. The maximum absolute atomic E-state index is 11.3. The number of carbonyl (C=O) groups is 1. The molecule has 0 bridgehead atoms. The minimum Gasteiger partial charge on any atom is -0.461 e. The van der Waals surface area contributed by atoms with Crippen molar-refractivity contribution in [2.45, 2.75) is 6.92 Å². The second-order valence-electron chi connectivity index (χ2n) is 2.45. The summed E-state index contributed by atoms with van der Waals surface area (Å²) < 4.78 is 6.21. The third kappa shape index (κ3) is 1.99. The lowest BCUT2D eigenvalue weighted by molar-refractivity contribution is 0.0525. The second kappa shape index (κ2) is 4.13. The van der Waals surface area contributed by atoms with Crippen molar-refractivity contribution in [1.82, 2.24) is 25.0 Å². The zero-order valence-electron chi connectivity index (χ0n) is 7.82. The smallest absolute Gasteiger partial charge is 0.369 e. The number of carbonyl (C=O) groups excluding carboxylic acids is 1. The van der Waals surface area contributed by atoms with Crippen molar-refractivity contribution in [1.29, 1.82) is 0 Å². The Kier molecular flexibility index (Phi) is 2.68. The van der Waals surface area contributed by atoms with Crippen LogP contribution in [0.2, 0.25) is 0 Å². The average molecular weight is 225 g/mol. The molecular weight excluding hydrogens is 218 g/mol. The first-order valence-electron chi connectivity index (χ1n) is 4.17. The molecule has 2 aromatic heterocycles. The van der Waals surface area contributed by atoms with Gasteiger partial charge in [0.05, 0.1) is 6.61 Å². The average Bonchev–Trinajstić information content (AvgIpc) is 2.89. The summed E-state index contributed by atoms with van der Waals surface area (Å²) in [5.41, 5.74) is 0. The van der Waals surface area contributed by atoms with E-state index < -0.39 is 5.97 Å². The third-order valence-corrected chi connectivity index (χ3v) is 2.37. The zero-order chi connectivity index (χ0) is 10.7. The van der Waals surface area contributed by atoms with Crippen LogP contribution in [0.4, 0.5) is 0 Å². The van der Waals surface area contributed by atoms with Crippen LogP contribution < -0.4 is 0 Å². The van der Waals surface area contributed by atoms with Gasteiger partial charge in [-0.25, -0.2) is 9.78 Å². The number of aromatic nitrogens is 5. The quantitative estimate of drug-likeness (QED) is 0.698. The van der Waals surface area contributed by atoms with E-state index in [1.54, 1.807) is 6.92 Å². The van der Waals surface area contributed by atoms with Crippen LogP contribution in [0.15, 0.2) is 12.7 Å². The Labute approximate surface area is 88.7 Å². The number of hydrogen-bond donors (Lipinski definition) is 0. The van der Waals surface area contributed by atoms with Gasteiger partial charge in [-0.2, -0.15) is 9.78 Å². The van der Waals surface area contributed by atoms with Crippen LogP contribution in [0.1, 0.15) is 16.7 Å². The lowest BCUT2D eigenvalue weighted by Crippen LogP contribution is -2.03. The molecule has 0 radical (unpaired) electrons. The summed E-state index contributed by atoms with van der Waals surface area (Å²) in [5, 5.41) is 12.0. The van der Waals surface area contributed by atoms with Crippen LogP contribution in [0.25, 0.3) is 5.13 Å². The molecule has 15 heavy (non-hydrogen) atoms. The van der Waals surface area contributed by atoms with Gasteiger partial charge in [-0.3, -0.25) is 0 Å². The molecule has 0 N–H and O–H groups in total. The van der Waals surface area contributed by atoms with E-state index in [1.165, 1.54) is 17.3 Å². The number of esters is 1. The first kappa shape index (κ1) is 9.71. The first-order chi connectivity index (χ1) is 7.31. The van der Waals surface area contributed by atoms with E-state index >= 15 is 0 Å². The highest BCUT2D eigenvalue weighted by Crippen LogP contribution is 2.13. The van der Waals surface area contributed by atoms with Crippen molar-refractivity contribution >= 4 is 17.3 Å². The minimum atomic E-state index is -0.471. The molecule has 0 saturated carbocycles. The fourth-order valence-electron chi connectivity index (χ4n) is 0.890. The van der Waals surface area contributed by atoms with Crippen molar-refractivity contribution in [3.63, 3.8) is 0 Å². The summed E-state index contributed by atoms with van der Waals surface area (Å²) in [7, 11) is 0. The van der Waals surface area contributed by atoms with Crippen molar-refractivity contribution in [2.75, 3.05) is 6.61 Å². The number of hydrogen-bond acceptors (Lipinski definition) is 7. The van der Waals surface area contributed by atoms with Gasteiger partial charge >= 0.3 is 5.97 Å². The van der Waals surface area contributed by atoms with Crippen molar-refractivity contribution in [3.8, 4) is 5.13 Å². The molecule has 0 aromatic carbocycles. The van der Waals surface area contributed by atoms with E-state index in [9.17, 15) is 4.79 Å². The largest absolute Gasteiger partial charge is 0.461 e. The normalized spacial score (nSPS) is 10.2. The maximum Gasteiger partial charge on any atom is 0.369 e. The molecular formula is C7H7N5O2S. The van der Waals surface area contributed by atoms with Gasteiger partial charge in [0, 0.05) is 0 Å². The Hall–Kier alpha value is -1.83. The number of ether oxygens (including phenoxy) is 1. The standard InChI is InChI=1S/C7H7N5O2S/c1-2-14-6(13)5-10-11-7(15-5)12-4-8-3-9-12/h3-4H,2H2,1H3. The van der Waals surface area contributed by atoms with Gasteiger partial charge in [0.1, 0.15) is 12.7 Å². The summed E-state index contributed by atoms with van der Waals surface area (Å²) in [6.45, 7) is 2.05. The molecule has 0 aliphatic carbocycles. The third-order valence-electron chi connectivity index (χ3n) is 1.48. The molecule has 2 heterocycles. The SMILES string of the molecule is CCOC(=O)c1nnc(-n2cncn2)s1. The second-order valence-corrected chi connectivity index (χ2v) is 3.41. The van der Waals surface area contributed by atoms with Gasteiger partial charge in [-0.15, -0.1) is 10.2 Å². The van der Waals surface area contributed by atoms with E-state index in [4.69, 9.17) is 4.74 Å². The van der Waals surface area contributed by atoms with Crippen LogP contribution in [0, 0.1) is 0 Å². The van der Waals surface area contributed by atoms with Gasteiger partial charge in [0.2, 0.25) is 10.1 Å². The molecule has 0 amide bonds. The van der Waals surface area contributed by atoms with E-state index in [2.05, 4.69) is 20.3 Å². The Bertz CT molecular complexity index is 452. The predicted octanol–water partition coefficient (Wildman–Crippen LogP) is 0.296. The Morgan fingerprint density at radius 2 is 2.47 bits per heavy atom. The summed E-state index contributed by atoms with van der Waals surface area (Å²) in [6, 6.07) is 0. The summed E-state index contributed by atoms with van der Waals surface area (Å²) >= 11 is 1.10. The van der Waals surface area contributed by atoms with Crippen LogP contribution >= 0.6 is 11.3 Å². The number of nitrogens with zero attached hydrogens (tertiary/aromatic N) is 5. The van der Waals surface area contributed by atoms with Crippen molar-refractivity contribution < 1.29 is 9.53 Å². The first-order valence-corrected chi connectivity index (χ1v) is 4.98. The molecule has 0 spiro atoms. The van der Waals surface area contributed by atoms with E-state index in [0.29, 0.717) is 11.7 Å². The van der Waals surface area contributed by atoms with Crippen molar-refractivity contribution in [2.24, 2.45) is 0 Å². The highest BCUT2D eigenvalue weighted by atomic mass is 32.1. The molecule has 0 unspecified atom stereocenters. The zero-order valence-corrected chi connectivity index (χ0v) is 8.64. The highest BCUT2D eigenvalue weighted by molar-refractivity contribution is 7.15. The van der Waals surface area contributed by atoms with E-state index in [1.807, 2.05) is 0 Å². The van der Waals surface area contributed by atoms with E-state index in [0.717, 1.165) is 11.3 Å². The summed E-state index contributed by atoms with van der Waals surface area (Å²) in [5.74, 6) is -0.471. The topological polar surface area (TPSA) is 82.8 Å². The molecule has 78 valence electrons. The minimum absolute atomic E-state index is 0.211. The van der Waals surface area contributed by atoms with E-state index in [-0.39, 0.29) is 5.01 Å². The highest BCUT2D eigenvalue weighted by Gasteiger charge is 2.14. The number of rotatable bonds is 3. The fourth-order valence-corrected chi connectivity index (χ4v) is 1.56. The van der Waals surface area contributed by atoms with Gasteiger partial charge in [0.15, 0.2) is 0 Å². The van der Waals surface area contributed by atoms with Gasteiger partial charge in [-0.05, 0) is 6.92 Å². The van der Waals surface area contributed by atoms with Gasteiger partial charge < -0.3 is 4.74 Å². The molecule has 0 saturated heterocycles. The molecule has 2 rings (SSSR count). The molecule has 7 nitrogen and oxygen atoms in total. The molecule has 0 aliphatic heterocycles. The molecule has 0 fully saturated rings. The van der Waals surface area contributed by atoms with Crippen molar-refractivity contribution in [3.05, 3.63) is 17.7 Å². The molecule has 8 heteroatoms. The van der Waals surface area contributed by atoms with Crippen LogP contribution in [0.3, 0.4) is 0 Å². The van der Waals surface area contributed by atoms with Crippen LogP contribution in [-0.4, -0.2) is 37.5 Å². The predicted molar refractivity (Wildman–Crippen MR) is 50.8 cm³/mol. The fraction of sp³-hybridized carbons (Fsp3) is 0.286. The van der Waals surface area contributed by atoms with Gasteiger partial charge in [0.25, 0.3) is 0 Å². The summed E-state index contributed by atoms with van der Waals surface area (Å²) in [6.07, 6.45) is 2.86. The lowest BCUT2D eigenvalue weighted by atomic mass is 10.7. The monoisotopic (exact) mass is 225 g/mol.